The van der Waals surface area contributed by atoms with Gasteiger partial charge in [0.2, 0.25) is 0 Å². The number of hydrogen-bond donors (Lipinski definition) is 0. The molecule has 0 saturated heterocycles. The monoisotopic (exact) mass is 654 g/mol. The SMILES string of the molecule is CC(C)CCC[C@@H](C)[C@H]1CC[C@H]2[C@@H]3CC=C4C[C@@H](OC(=O)CCCCOC(=O)c5ccc(C6C=CC=C6)cc5)CC[C@]4(C)[C@H]3CC[C@]12C. The molecular weight excluding hydrogens is 592 g/mol. The molecule has 0 N–H and O–H groups in total. The zero-order valence-corrected chi connectivity index (χ0v) is 30.6. The highest BCUT2D eigenvalue weighted by Crippen LogP contribution is 2.67. The van der Waals surface area contributed by atoms with Gasteiger partial charge in [0.15, 0.2) is 0 Å². The Balaban J connectivity index is 0.932. The second-order valence-electron chi connectivity index (χ2n) is 17.2. The number of carbonyl (C=O) groups is 2. The highest BCUT2D eigenvalue weighted by molar-refractivity contribution is 5.89. The van der Waals surface area contributed by atoms with Crippen molar-refractivity contribution >= 4 is 11.9 Å². The minimum Gasteiger partial charge on any atom is -0.462 e. The van der Waals surface area contributed by atoms with Gasteiger partial charge < -0.3 is 9.47 Å². The number of carbonyl (C=O) groups excluding carboxylic acids is 2. The average Bonchev–Trinajstić information content (AvgIpc) is 3.73. The quantitative estimate of drug-likeness (QED) is 0.121. The van der Waals surface area contributed by atoms with Crippen LogP contribution in [0.4, 0.5) is 0 Å². The van der Waals surface area contributed by atoms with Crippen LogP contribution in [0.25, 0.3) is 0 Å². The summed E-state index contributed by atoms with van der Waals surface area (Å²) in [6.45, 7) is 12.8. The minimum atomic E-state index is -0.308. The summed E-state index contributed by atoms with van der Waals surface area (Å²) < 4.78 is 11.5. The van der Waals surface area contributed by atoms with Gasteiger partial charge in [-0.3, -0.25) is 4.79 Å². The first-order valence-electron chi connectivity index (χ1n) is 19.6. The summed E-state index contributed by atoms with van der Waals surface area (Å²) in [6, 6.07) is 7.63. The van der Waals surface area contributed by atoms with Crippen LogP contribution in [0.15, 0.2) is 60.2 Å². The van der Waals surface area contributed by atoms with Gasteiger partial charge in [0.1, 0.15) is 6.10 Å². The van der Waals surface area contributed by atoms with Crippen LogP contribution in [0.3, 0.4) is 0 Å². The molecule has 0 bridgehead atoms. The number of unbranched alkanes of at least 4 members (excludes halogenated alkanes) is 1. The Labute approximate surface area is 291 Å². The minimum absolute atomic E-state index is 0.000736. The summed E-state index contributed by atoms with van der Waals surface area (Å²) in [4.78, 5) is 25.3. The Morgan fingerprint density at radius 2 is 1.65 bits per heavy atom. The van der Waals surface area contributed by atoms with Crippen molar-refractivity contribution in [2.45, 2.75) is 137 Å². The van der Waals surface area contributed by atoms with Crippen molar-refractivity contribution in [3.05, 3.63) is 71.3 Å². The van der Waals surface area contributed by atoms with E-state index < -0.39 is 0 Å². The van der Waals surface area contributed by atoms with E-state index in [1.807, 2.05) is 36.4 Å². The molecule has 262 valence electrons. The fourth-order valence-electron chi connectivity index (χ4n) is 11.1. The normalized spacial score (nSPS) is 33.1. The van der Waals surface area contributed by atoms with Gasteiger partial charge in [0.25, 0.3) is 0 Å². The van der Waals surface area contributed by atoms with E-state index in [1.165, 1.54) is 51.4 Å². The van der Waals surface area contributed by atoms with Gasteiger partial charge in [0, 0.05) is 18.8 Å². The maximum Gasteiger partial charge on any atom is 0.338 e. The highest BCUT2D eigenvalue weighted by Gasteiger charge is 2.59. The molecule has 8 atom stereocenters. The van der Waals surface area contributed by atoms with Gasteiger partial charge in [-0.2, -0.15) is 0 Å². The lowest BCUT2D eigenvalue weighted by molar-refractivity contribution is -0.151. The summed E-state index contributed by atoms with van der Waals surface area (Å²) >= 11 is 0. The first kappa shape index (κ1) is 35.2. The Morgan fingerprint density at radius 1 is 0.875 bits per heavy atom. The second-order valence-corrected chi connectivity index (χ2v) is 17.2. The van der Waals surface area contributed by atoms with Gasteiger partial charge >= 0.3 is 11.9 Å². The molecule has 6 rings (SSSR count). The molecule has 1 aromatic rings. The molecule has 5 aliphatic carbocycles. The third kappa shape index (κ3) is 7.43. The molecule has 0 radical (unpaired) electrons. The maximum absolute atomic E-state index is 12.8. The summed E-state index contributed by atoms with van der Waals surface area (Å²) in [5.74, 6) is 4.90. The van der Waals surface area contributed by atoms with E-state index in [0.717, 1.165) is 60.3 Å². The van der Waals surface area contributed by atoms with Crippen molar-refractivity contribution in [1.82, 2.24) is 0 Å². The smallest absolute Gasteiger partial charge is 0.338 e. The van der Waals surface area contributed by atoms with E-state index in [2.05, 4.69) is 52.8 Å². The molecular formula is C44H62O4. The van der Waals surface area contributed by atoms with Crippen molar-refractivity contribution in [1.29, 1.82) is 0 Å². The first-order chi connectivity index (χ1) is 23.1. The van der Waals surface area contributed by atoms with Crippen LogP contribution in [0.1, 0.15) is 146 Å². The van der Waals surface area contributed by atoms with Gasteiger partial charge in [0.05, 0.1) is 12.2 Å². The lowest BCUT2D eigenvalue weighted by Crippen LogP contribution is -2.51. The van der Waals surface area contributed by atoms with Gasteiger partial charge in [-0.25, -0.2) is 4.79 Å². The standard InChI is InChI=1S/C44H62O4/c1-30(2)11-10-12-31(3)38-22-23-39-37-21-20-35-29-36(24-26-43(35,4)40(37)25-27-44(38,39)5)48-41(45)15-8-9-28-47-42(46)34-18-16-33(17-19-34)32-13-6-7-14-32/h6-7,13-14,16-20,30-32,36-40H,8-12,15,21-29H2,1-5H3/t31-,36+,37+,38-,39+,40+,43+,44-/m1/s1. The maximum atomic E-state index is 12.8. The number of fused-ring (bicyclic) bond motifs is 5. The molecule has 0 unspecified atom stereocenters. The first-order valence-corrected chi connectivity index (χ1v) is 19.6. The van der Waals surface area contributed by atoms with Crippen molar-refractivity contribution < 1.29 is 19.1 Å². The molecule has 4 nitrogen and oxygen atoms in total. The van der Waals surface area contributed by atoms with Crippen molar-refractivity contribution in [3.63, 3.8) is 0 Å². The highest BCUT2D eigenvalue weighted by atomic mass is 16.5. The average molecular weight is 655 g/mol. The number of rotatable bonds is 13. The van der Waals surface area contributed by atoms with E-state index in [1.54, 1.807) is 5.57 Å². The number of hydrogen-bond acceptors (Lipinski definition) is 4. The van der Waals surface area contributed by atoms with E-state index in [-0.39, 0.29) is 29.4 Å². The van der Waals surface area contributed by atoms with Crippen LogP contribution in [-0.2, 0) is 14.3 Å². The fourth-order valence-corrected chi connectivity index (χ4v) is 11.1. The van der Waals surface area contributed by atoms with Gasteiger partial charge in [-0.15, -0.1) is 0 Å². The van der Waals surface area contributed by atoms with Gasteiger partial charge in [-0.05, 0) is 122 Å². The lowest BCUT2D eigenvalue weighted by atomic mass is 9.47. The largest absolute Gasteiger partial charge is 0.462 e. The number of ether oxygens (including phenoxy) is 2. The van der Waals surface area contributed by atoms with Crippen LogP contribution in [0.2, 0.25) is 0 Å². The summed E-state index contributed by atoms with van der Waals surface area (Å²) in [6.07, 6.45) is 26.7. The predicted octanol–water partition coefficient (Wildman–Crippen LogP) is 11.2. The number of benzene rings is 1. The van der Waals surface area contributed by atoms with Gasteiger partial charge in [-0.1, -0.05) is 102 Å². The third-order valence-corrected chi connectivity index (χ3v) is 13.8. The molecule has 3 saturated carbocycles. The molecule has 0 heterocycles. The number of esters is 2. The van der Waals surface area contributed by atoms with E-state index in [9.17, 15) is 9.59 Å². The summed E-state index contributed by atoms with van der Waals surface area (Å²) in [5.41, 5.74) is 4.08. The van der Waals surface area contributed by atoms with Crippen molar-refractivity contribution in [3.8, 4) is 0 Å². The molecule has 0 aromatic heterocycles. The molecule has 5 aliphatic rings. The van der Waals surface area contributed by atoms with Crippen molar-refractivity contribution in [2.75, 3.05) is 6.61 Å². The van der Waals surface area contributed by atoms with E-state index in [0.29, 0.717) is 36.8 Å². The Hall–Kier alpha value is -2.62. The van der Waals surface area contributed by atoms with Crippen LogP contribution >= 0.6 is 0 Å². The second kappa shape index (κ2) is 15.1. The van der Waals surface area contributed by atoms with Crippen LogP contribution in [0.5, 0.6) is 0 Å². The summed E-state index contributed by atoms with van der Waals surface area (Å²) in [7, 11) is 0. The molecule has 0 amide bonds. The third-order valence-electron chi connectivity index (χ3n) is 13.8. The zero-order chi connectivity index (χ0) is 33.9. The van der Waals surface area contributed by atoms with Crippen LogP contribution < -0.4 is 0 Å². The molecule has 0 spiro atoms. The zero-order valence-electron chi connectivity index (χ0n) is 30.6. The molecule has 48 heavy (non-hydrogen) atoms. The predicted molar refractivity (Wildman–Crippen MR) is 195 cm³/mol. The topological polar surface area (TPSA) is 52.6 Å². The lowest BCUT2D eigenvalue weighted by Gasteiger charge is -2.58. The Bertz CT molecular complexity index is 1360. The van der Waals surface area contributed by atoms with E-state index in [4.69, 9.17) is 9.47 Å². The fraction of sp³-hybridized carbons (Fsp3) is 0.682. The van der Waals surface area contributed by atoms with Crippen LogP contribution in [0, 0.1) is 46.3 Å². The number of allylic oxidation sites excluding steroid dienone is 5. The molecule has 1 aromatic carbocycles. The van der Waals surface area contributed by atoms with Crippen LogP contribution in [-0.4, -0.2) is 24.6 Å². The van der Waals surface area contributed by atoms with E-state index >= 15 is 0 Å². The molecule has 4 heteroatoms. The Kier molecular flexibility index (Phi) is 11.1. The van der Waals surface area contributed by atoms with Crippen molar-refractivity contribution in [2.24, 2.45) is 46.3 Å². The summed E-state index contributed by atoms with van der Waals surface area (Å²) in [5, 5.41) is 0. The molecule has 0 aliphatic heterocycles. The molecule has 3 fully saturated rings. The Morgan fingerprint density at radius 3 is 2.40 bits per heavy atom.